The van der Waals surface area contributed by atoms with Crippen LogP contribution in [0.25, 0.3) is 0 Å². The molecule has 0 aliphatic carbocycles. The number of carbonyl (C=O) groups excluding carboxylic acids is 1. The molecule has 0 fully saturated rings. The van der Waals surface area contributed by atoms with Crippen LogP contribution in [0.5, 0.6) is 0 Å². The van der Waals surface area contributed by atoms with Gasteiger partial charge in [0.2, 0.25) is 5.13 Å². The van der Waals surface area contributed by atoms with Gasteiger partial charge in [0.25, 0.3) is 0 Å². The summed E-state index contributed by atoms with van der Waals surface area (Å²) in [5, 5.41) is 14.1. The molecule has 1 aromatic heterocycles. The van der Waals surface area contributed by atoms with E-state index in [-0.39, 0.29) is 11.6 Å². The highest BCUT2D eigenvalue weighted by Gasteiger charge is 2.30. The summed E-state index contributed by atoms with van der Waals surface area (Å²) in [5.41, 5.74) is 0.146. The van der Waals surface area contributed by atoms with Crippen molar-refractivity contribution < 1.29 is 18.0 Å². The third-order valence-electron chi connectivity index (χ3n) is 3.47. The van der Waals surface area contributed by atoms with E-state index in [0.717, 1.165) is 23.5 Å². The Kier molecular flexibility index (Phi) is 6.07. The molecule has 0 aliphatic rings. The number of urea groups is 1. The van der Waals surface area contributed by atoms with Gasteiger partial charge in [-0.1, -0.05) is 52.7 Å². The van der Waals surface area contributed by atoms with Gasteiger partial charge < -0.3 is 5.32 Å². The van der Waals surface area contributed by atoms with Gasteiger partial charge in [-0.25, -0.2) is 4.79 Å². The predicted molar refractivity (Wildman–Crippen MR) is 103 cm³/mol. The predicted octanol–water partition coefficient (Wildman–Crippen LogP) is 6.10. The SMILES string of the molecule is O=C(Nc1ccc(Cl)c(Cl)c1)Nc1nnc(Cc2cccc(C(F)(F)F)c2)s1. The molecule has 0 bridgehead atoms. The van der Waals surface area contributed by atoms with E-state index in [2.05, 4.69) is 20.8 Å². The molecule has 0 radical (unpaired) electrons. The van der Waals surface area contributed by atoms with E-state index in [0.29, 0.717) is 26.3 Å². The molecule has 11 heteroatoms. The number of aromatic nitrogens is 2. The second-order valence-electron chi connectivity index (χ2n) is 5.58. The van der Waals surface area contributed by atoms with Crippen LogP contribution in [0, 0.1) is 0 Å². The highest BCUT2D eigenvalue weighted by molar-refractivity contribution is 7.15. The highest BCUT2D eigenvalue weighted by Crippen LogP contribution is 2.30. The number of rotatable bonds is 4. The monoisotopic (exact) mass is 446 g/mol. The van der Waals surface area contributed by atoms with Crippen LogP contribution in [0.2, 0.25) is 10.0 Å². The fraction of sp³-hybridized carbons (Fsp3) is 0.118. The van der Waals surface area contributed by atoms with Crippen LogP contribution in [0.3, 0.4) is 0 Å². The van der Waals surface area contributed by atoms with Gasteiger partial charge in [0.15, 0.2) is 0 Å². The molecule has 0 saturated carbocycles. The smallest absolute Gasteiger partial charge is 0.308 e. The Morgan fingerprint density at radius 3 is 2.54 bits per heavy atom. The molecule has 3 aromatic rings. The average Bonchev–Trinajstić information content (AvgIpc) is 3.04. The second-order valence-corrected chi connectivity index (χ2v) is 7.46. The van der Waals surface area contributed by atoms with Crippen molar-refractivity contribution in [2.75, 3.05) is 10.6 Å². The van der Waals surface area contributed by atoms with Crippen molar-refractivity contribution in [2.24, 2.45) is 0 Å². The van der Waals surface area contributed by atoms with E-state index in [9.17, 15) is 18.0 Å². The van der Waals surface area contributed by atoms with E-state index >= 15 is 0 Å². The number of amides is 2. The van der Waals surface area contributed by atoms with Gasteiger partial charge in [-0.05, 0) is 29.8 Å². The molecule has 0 saturated heterocycles. The van der Waals surface area contributed by atoms with Gasteiger partial charge in [0.1, 0.15) is 5.01 Å². The molecule has 1 heterocycles. The molecule has 0 spiro atoms. The van der Waals surface area contributed by atoms with Crippen LogP contribution < -0.4 is 10.6 Å². The lowest BCUT2D eigenvalue weighted by Gasteiger charge is -2.07. The van der Waals surface area contributed by atoms with Crippen molar-refractivity contribution in [1.82, 2.24) is 10.2 Å². The number of carbonyl (C=O) groups is 1. The Labute approximate surface area is 171 Å². The van der Waals surface area contributed by atoms with E-state index in [1.54, 1.807) is 12.1 Å². The summed E-state index contributed by atoms with van der Waals surface area (Å²) >= 11 is 12.8. The van der Waals surface area contributed by atoms with Crippen molar-refractivity contribution in [3.05, 3.63) is 68.6 Å². The highest BCUT2D eigenvalue weighted by atomic mass is 35.5. The Balaban J connectivity index is 1.62. The zero-order chi connectivity index (χ0) is 20.3. The maximum Gasteiger partial charge on any atom is 0.416 e. The Bertz CT molecular complexity index is 1010. The summed E-state index contributed by atoms with van der Waals surface area (Å²) < 4.78 is 38.4. The fourth-order valence-electron chi connectivity index (χ4n) is 2.24. The van der Waals surface area contributed by atoms with Crippen molar-refractivity contribution >= 4 is 51.4 Å². The third kappa shape index (κ3) is 5.34. The van der Waals surface area contributed by atoms with E-state index in [1.165, 1.54) is 18.2 Å². The van der Waals surface area contributed by atoms with Gasteiger partial charge in [-0.2, -0.15) is 13.2 Å². The number of hydrogen-bond acceptors (Lipinski definition) is 4. The minimum atomic E-state index is -4.41. The first-order valence-electron chi connectivity index (χ1n) is 7.72. The number of benzene rings is 2. The maximum absolute atomic E-state index is 12.8. The van der Waals surface area contributed by atoms with Crippen molar-refractivity contribution in [1.29, 1.82) is 0 Å². The molecule has 2 N–H and O–H groups in total. The Morgan fingerprint density at radius 1 is 1.04 bits per heavy atom. The fourth-order valence-corrected chi connectivity index (χ4v) is 3.31. The van der Waals surface area contributed by atoms with Gasteiger partial charge >= 0.3 is 12.2 Å². The molecule has 2 amide bonds. The van der Waals surface area contributed by atoms with Crippen LogP contribution in [0.15, 0.2) is 42.5 Å². The minimum Gasteiger partial charge on any atom is -0.308 e. The zero-order valence-electron chi connectivity index (χ0n) is 13.8. The average molecular weight is 447 g/mol. The van der Waals surface area contributed by atoms with E-state index < -0.39 is 17.8 Å². The normalized spacial score (nSPS) is 11.3. The van der Waals surface area contributed by atoms with Gasteiger partial charge in [0, 0.05) is 12.1 Å². The molecule has 0 atom stereocenters. The maximum atomic E-state index is 12.8. The summed E-state index contributed by atoms with van der Waals surface area (Å²) in [6.45, 7) is 0. The molecular weight excluding hydrogens is 436 g/mol. The topological polar surface area (TPSA) is 66.9 Å². The Hall–Kier alpha value is -2.36. The number of alkyl halides is 3. The summed E-state index contributed by atoms with van der Waals surface area (Å²) in [6, 6.07) is 9.01. The third-order valence-corrected chi connectivity index (χ3v) is 5.05. The van der Waals surface area contributed by atoms with Crippen molar-refractivity contribution in [2.45, 2.75) is 12.6 Å². The summed E-state index contributed by atoms with van der Waals surface area (Å²) in [5.74, 6) is 0. The van der Waals surface area contributed by atoms with E-state index in [1.807, 2.05) is 0 Å². The summed E-state index contributed by atoms with van der Waals surface area (Å²) in [4.78, 5) is 12.0. The quantitative estimate of drug-likeness (QED) is 0.508. The summed E-state index contributed by atoms with van der Waals surface area (Å²) in [6.07, 6.45) is -4.25. The molecule has 146 valence electrons. The summed E-state index contributed by atoms with van der Waals surface area (Å²) in [7, 11) is 0. The Morgan fingerprint density at radius 2 is 1.82 bits per heavy atom. The molecule has 5 nitrogen and oxygen atoms in total. The molecular formula is C17H11Cl2F3N4OS. The standard InChI is InChI=1S/C17H11Cl2F3N4OS/c18-12-5-4-11(8-13(12)19)23-15(27)24-16-26-25-14(28-16)7-9-2-1-3-10(6-9)17(20,21)22/h1-6,8H,7H2,(H2,23,24,26,27). The molecule has 0 unspecified atom stereocenters. The molecule has 2 aromatic carbocycles. The van der Waals surface area contributed by atoms with E-state index in [4.69, 9.17) is 23.2 Å². The van der Waals surface area contributed by atoms with Crippen LogP contribution in [0.4, 0.5) is 28.8 Å². The van der Waals surface area contributed by atoms with Crippen LogP contribution in [-0.4, -0.2) is 16.2 Å². The van der Waals surface area contributed by atoms with Crippen molar-refractivity contribution in [3.63, 3.8) is 0 Å². The largest absolute Gasteiger partial charge is 0.416 e. The zero-order valence-corrected chi connectivity index (χ0v) is 16.2. The first-order valence-corrected chi connectivity index (χ1v) is 9.29. The lowest BCUT2D eigenvalue weighted by Crippen LogP contribution is -2.19. The molecule has 28 heavy (non-hydrogen) atoms. The molecule has 3 rings (SSSR count). The molecule has 0 aliphatic heterocycles. The van der Waals surface area contributed by atoms with Crippen LogP contribution >= 0.6 is 34.5 Å². The van der Waals surface area contributed by atoms with Gasteiger partial charge in [-0.15, -0.1) is 10.2 Å². The first-order chi connectivity index (χ1) is 13.2. The van der Waals surface area contributed by atoms with Crippen molar-refractivity contribution in [3.8, 4) is 0 Å². The number of nitrogens with one attached hydrogen (secondary N) is 2. The number of nitrogens with zero attached hydrogens (tertiary/aromatic N) is 2. The minimum absolute atomic E-state index is 0.164. The van der Waals surface area contributed by atoms with Gasteiger partial charge in [-0.3, -0.25) is 5.32 Å². The number of hydrogen-bond donors (Lipinski definition) is 2. The van der Waals surface area contributed by atoms with Gasteiger partial charge in [0.05, 0.1) is 15.6 Å². The lowest BCUT2D eigenvalue weighted by molar-refractivity contribution is -0.137. The first kappa shape index (κ1) is 20.4. The van der Waals surface area contributed by atoms with Crippen LogP contribution in [-0.2, 0) is 12.6 Å². The lowest BCUT2D eigenvalue weighted by atomic mass is 10.1. The van der Waals surface area contributed by atoms with Crippen LogP contribution in [0.1, 0.15) is 16.1 Å². The second kappa shape index (κ2) is 8.34. The number of halogens is 5. The number of anilines is 2.